The molecule has 0 atom stereocenters. The number of carbonyl (C=O) groups excluding carboxylic acids is 1. The van der Waals surface area contributed by atoms with Crippen LogP contribution in [-0.4, -0.2) is 17.6 Å². The number of rotatable bonds is 11. The first-order chi connectivity index (χ1) is 12.2. The summed E-state index contributed by atoms with van der Waals surface area (Å²) in [5.41, 5.74) is 0.675. The van der Waals surface area contributed by atoms with E-state index in [4.69, 9.17) is 0 Å². The molecule has 0 aromatic heterocycles. The summed E-state index contributed by atoms with van der Waals surface area (Å²) >= 11 is 0. The second kappa shape index (κ2) is 10.8. The zero-order chi connectivity index (χ0) is 17.9. The molecule has 0 saturated carbocycles. The molecular weight excluding hydrogens is 310 g/mol. The lowest BCUT2D eigenvalue weighted by Gasteiger charge is -2.07. The fraction of sp³-hybridized carbons (Fsp3) is 0.500. The summed E-state index contributed by atoms with van der Waals surface area (Å²) in [6.45, 7) is 2.99. The molecule has 0 fully saturated rings. The third-order valence-electron chi connectivity index (χ3n) is 4.65. The second-order valence-electron chi connectivity index (χ2n) is 6.83. The van der Waals surface area contributed by atoms with E-state index in [1.165, 1.54) is 51.4 Å². The Balaban J connectivity index is 1.63. The van der Waals surface area contributed by atoms with Crippen LogP contribution in [-0.2, 0) is 0 Å². The lowest BCUT2D eigenvalue weighted by molar-refractivity contribution is 0.0953. The second-order valence-corrected chi connectivity index (χ2v) is 6.83. The highest BCUT2D eigenvalue weighted by molar-refractivity contribution is 5.98. The van der Waals surface area contributed by atoms with Gasteiger partial charge in [0, 0.05) is 12.1 Å². The van der Waals surface area contributed by atoms with E-state index in [0.29, 0.717) is 5.56 Å². The van der Waals surface area contributed by atoms with Crippen LogP contribution in [0.4, 0.5) is 0 Å². The van der Waals surface area contributed by atoms with Gasteiger partial charge >= 0.3 is 0 Å². The van der Waals surface area contributed by atoms with Crippen molar-refractivity contribution < 1.29 is 9.90 Å². The van der Waals surface area contributed by atoms with Crippen LogP contribution in [0.5, 0.6) is 5.75 Å². The lowest BCUT2D eigenvalue weighted by Crippen LogP contribution is -2.24. The molecule has 3 nitrogen and oxygen atoms in total. The maximum Gasteiger partial charge on any atom is 0.251 e. The number of unbranched alkanes of at least 4 members (excludes halogenated alkanes) is 8. The molecule has 0 bridgehead atoms. The summed E-state index contributed by atoms with van der Waals surface area (Å²) in [5, 5.41) is 14.4. The number of carbonyl (C=O) groups is 1. The number of phenolic OH excluding ortho intramolecular Hbond substituents is 1. The van der Waals surface area contributed by atoms with E-state index in [0.717, 1.165) is 23.7 Å². The zero-order valence-electron chi connectivity index (χ0n) is 15.4. The minimum absolute atomic E-state index is 0.0189. The number of hydrogen-bond donors (Lipinski definition) is 2. The van der Waals surface area contributed by atoms with E-state index >= 15 is 0 Å². The average Bonchev–Trinajstić information content (AvgIpc) is 2.62. The zero-order valence-corrected chi connectivity index (χ0v) is 15.4. The van der Waals surface area contributed by atoms with Crippen LogP contribution in [0.25, 0.3) is 10.8 Å². The van der Waals surface area contributed by atoms with Gasteiger partial charge in [0.15, 0.2) is 0 Å². The van der Waals surface area contributed by atoms with Crippen LogP contribution < -0.4 is 5.32 Å². The predicted octanol–water partition coefficient (Wildman–Crippen LogP) is 5.81. The van der Waals surface area contributed by atoms with E-state index in [9.17, 15) is 9.90 Å². The Kier molecular flexibility index (Phi) is 8.30. The van der Waals surface area contributed by atoms with Crippen LogP contribution in [0.1, 0.15) is 75.1 Å². The monoisotopic (exact) mass is 341 g/mol. The van der Waals surface area contributed by atoms with Crippen molar-refractivity contribution in [3.05, 3.63) is 42.0 Å². The molecule has 25 heavy (non-hydrogen) atoms. The molecule has 0 radical (unpaired) electrons. The van der Waals surface area contributed by atoms with E-state index in [-0.39, 0.29) is 11.7 Å². The SMILES string of the molecule is CCCCCCCCCCCNC(=O)c1ccc2cc(O)ccc2c1. The number of fused-ring (bicyclic) bond motifs is 1. The largest absolute Gasteiger partial charge is 0.508 e. The van der Waals surface area contributed by atoms with Gasteiger partial charge in [-0.15, -0.1) is 0 Å². The third-order valence-corrected chi connectivity index (χ3v) is 4.65. The van der Waals surface area contributed by atoms with Crippen molar-refractivity contribution >= 4 is 16.7 Å². The quantitative estimate of drug-likeness (QED) is 0.507. The van der Waals surface area contributed by atoms with E-state index in [2.05, 4.69) is 12.2 Å². The fourth-order valence-corrected chi connectivity index (χ4v) is 3.11. The van der Waals surface area contributed by atoms with Crippen LogP contribution in [0.3, 0.4) is 0 Å². The van der Waals surface area contributed by atoms with Crippen molar-refractivity contribution in [3.63, 3.8) is 0 Å². The van der Waals surface area contributed by atoms with Crippen LogP contribution >= 0.6 is 0 Å². The minimum Gasteiger partial charge on any atom is -0.508 e. The molecule has 2 rings (SSSR count). The van der Waals surface area contributed by atoms with Crippen molar-refractivity contribution in [1.82, 2.24) is 5.32 Å². The first kappa shape index (κ1) is 19.3. The van der Waals surface area contributed by atoms with Crippen LogP contribution in [0, 0.1) is 0 Å². The first-order valence-electron chi connectivity index (χ1n) is 9.71. The van der Waals surface area contributed by atoms with Gasteiger partial charge in [0.1, 0.15) is 5.75 Å². The van der Waals surface area contributed by atoms with E-state index < -0.39 is 0 Å². The summed E-state index contributed by atoms with van der Waals surface area (Å²) in [5.74, 6) is 0.226. The molecule has 0 saturated heterocycles. The van der Waals surface area contributed by atoms with Gasteiger partial charge in [-0.1, -0.05) is 70.4 Å². The highest BCUT2D eigenvalue weighted by atomic mass is 16.3. The van der Waals surface area contributed by atoms with Gasteiger partial charge in [-0.25, -0.2) is 0 Å². The molecule has 0 aliphatic heterocycles. The Morgan fingerprint density at radius 2 is 1.44 bits per heavy atom. The molecule has 0 unspecified atom stereocenters. The molecule has 2 aromatic rings. The smallest absolute Gasteiger partial charge is 0.251 e. The summed E-state index contributed by atoms with van der Waals surface area (Å²) in [7, 11) is 0. The number of aromatic hydroxyl groups is 1. The van der Waals surface area contributed by atoms with E-state index in [1.54, 1.807) is 12.1 Å². The van der Waals surface area contributed by atoms with Gasteiger partial charge in [-0.05, 0) is 41.5 Å². The molecular formula is C22H31NO2. The molecule has 0 aliphatic rings. The van der Waals surface area contributed by atoms with Gasteiger partial charge in [0.25, 0.3) is 5.91 Å². The van der Waals surface area contributed by atoms with Crippen molar-refractivity contribution in [1.29, 1.82) is 0 Å². The maximum absolute atomic E-state index is 12.2. The van der Waals surface area contributed by atoms with Gasteiger partial charge in [0.05, 0.1) is 0 Å². The Bertz CT molecular complexity index is 666. The topological polar surface area (TPSA) is 49.3 Å². The Morgan fingerprint density at radius 3 is 2.16 bits per heavy atom. The molecule has 3 heteroatoms. The summed E-state index contributed by atoms with van der Waals surface area (Å²) < 4.78 is 0. The van der Waals surface area contributed by atoms with Gasteiger partial charge in [0.2, 0.25) is 0 Å². The van der Waals surface area contributed by atoms with Crippen molar-refractivity contribution in [3.8, 4) is 5.75 Å². The lowest BCUT2D eigenvalue weighted by atomic mass is 10.1. The highest BCUT2D eigenvalue weighted by Gasteiger charge is 2.06. The van der Waals surface area contributed by atoms with Gasteiger partial charge in [-0.2, -0.15) is 0 Å². The minimum atomic E-state index is -0.0189. The van der Waals surface area contributed by atoms with Crippen molar-refractivity contribution in [2.45, 2.75) is 64.7 Å². The predicted molar refractivity (Wildman–Crippen MR) is 105 cm³/mol. The molecule has 2 aromatic carbocycles. The Hall–Kier alpha value is -2.03. The maximum atomic E-state index is 12.2. The Morgan fingerprint density at radius 1 is 0.840 bits per heavy atom. The number of amides is 1. The van der Waals surface area contributed by atoms with Crippen LogP contribution in [0.15, 0.2) is 36.4 Å². The molecule has 1 amide bonds. The molecule has 0 aliphatic carbocycles. The van der Waals surface area contributed by atoms with Gasteiger partial charge < -0.3 is 10.4 Å². The fourth-order valence-electron chi connectivity index (χ4n) is 3.11. The molecule has 0 spiro atoms. The number of nitrogens with one attached hydrogen (secondary N) is 1. The third kappa shape index (κ3) is 6.77. The normalized spacial score (nSPS) is 10.9. The van der Waals surface area contributed by atoms with E-state index in [1.807, 2.05) is 24.3 Å². The standard InChI is InChI=1S/C22H31NO2/c1-2-3-4-5-6-7-8-9-10-15-23-22(25)20-12-11-19-17-21(24)14-13-18(19)16-20/h11-14,16-17,24H,2-10,15H2,1H3,(H,23,25). The first-order valence-corrected chi connectivity index (χ1v) is 9.71. The van der Waals surface area contributed by atoms with Crippen LogP contribution in [0.2, 0.25) is 0 Å². The average molecular weight is 341 g/mol. The summed E-state index contributed by atoms with van der Waals surface area (Å²) in [6.07, 6.45) is 11.6. The summed E-state index contributed by atoms with van der Waals surface area (Å²) in [6, 6.07) is 10.8. The Labute approximate surface area is 151 Å². The van der Waals surface area contributed by atoms with Crippen molar-refractivity contribution in [2.75, 3.05) is 6.54 Å². The molecule has 0 heterocycles. The van der Waals surface area contributed by atoms with Crippen molar-refractivity contribution in [2.24, 2.45) is 0 Å². The number of hydrogen-bond acceptors (Lipinski definition) is 2. The summed E-state index contributed by atoms with van der Waals surface area (Å²) in [4.78, 5) is 12.2. The molecule has 2 N–H and O–H groups in total. The van der Waals surface area contributed by atoms with Gasteiger partial charge in [-0.3, -0.25) is 4.79 Å². The molecule has 136 valence electrons. The highest BCUT2D eigenvalue weighted by Crippen LogP contribution is 2.21. The number of benzene rings is 2. The number of phenols is 1.